The van der Waals surface area contributed by atoms with Crippen LogP contribution in [0.4, 0.5) is 5.69 Å². The van der Waals surface area contributed by atoms with Gasteiger partial charge in [-0.05, 0) is 30.3 Å². The smallest absolute Gasteiger partial charge is 0.337 e. The SMILES string of the molecule is O=C(O)c1cc(Br)ccc1NCc1ccco1. The average molecular weight is 296 g/mol. The largest absolute Gasteiger partial charge is 0.478 e. The fourth-order valence-corrected chi connectivity index (χ4v) is 1.80. The molecule has 5 heteroatoms. The van der Waals surface area contributed by atoms with Crippen LogP contribution in [0.25, 0.3) is 0 Å². The van der Waals surface area contributed by atoms with Gasteiger partial charge in [-0.1, -0.05) is 15.9 Å². The number of rotatable bonds is 4. The van der Waals surface area contributed by atoms with E-state index in [0.29, 0.717) is 12.2 Å². The van der Waals surface area contributed by atoms with Crippen molar-refractivity contribution in [3.05, 3.63) is 52.4 Å². The molecule has 0 spiro atoms. The third-order valence-corrected chi connectivity index (χ3v) is 2.74. The molecule has 2 aromatic rings. The van der Waals surface area contributed by atoms with Gasteiger partial charge in [0.25, 0.3) is 0 Å². The highest BCUT2D eigenvalue weighted by Crippen LogP contribution is 2.21. The van der Waals surface area contributed by atoms with Crippen molar-refractivity contribution in [2.24, 2.45) is 0 Å². The van der Waals surface area contributed by atoms with Crippen LogP contribution in [0.3, 0.4) is 0 Å². The van der Waals surface area contributed by atoms with Gasteiger partial charge < -0.3 is 14.8 Å². The van der Waals surface area contributed by atoms with Crippen molar-refractivity contribution in [3.63, 3.8) is 0 Å². The normalized spacial score (nSPS) is 10.2. The van der Waals surface area contributed by atoms with E-state index in [4.69, 9.17) is 9.52 Å². The van der Waals surface area contributed by atoms with Crippen LogP contribution in [0.15, 0.2) is 45.5 Å². The summed E-state index contributed by atoms with van der Waals surface area (Å²) in [4.78, 5) is 11.1. The maximum atomic E-state index is 11.1. The van der Waals surface area contributed by atoms with Gasteiger partial charge in [0.2, 0.25) is 0 Å². The van der Waals surface area contributed by atoms with Crippen molar-refractivity contribution in [3.8, 4) is 0 Å². The molecule has 4 nitrogen and oxygen atoms in total. The number of hydrogen-bond acceptors (Lipinski definition) is 3. The maximum absolute atomic E-state index is 11.1. The number of carbonyl (C=O) groups is 1. The third kappa shape index (κ3) is 2.88. The van der Waals surface area contributed by atoms with E-state index in [1.165, 1.54) is 0 Å². The zero-order valence-corrected chi connectivity index (χ0v) is 10.4. The minimum atomic E-state index is -0.965. The molecule has 2 rings (SSSR count). The first-order chi connectivity index (χ1) is 8.16. The molecule has 0 unspecified atom stereocenters. The molecule has 0 saturated heterocycles. The highest BCUT2D eigenvalue weighted by molar-refractivity contribution is 9.10. The lowest BCUT2D eigenvalue weighted by Gasteiger charge is -2.08. The topological polar surface area (TPSA) is 62.5 Å². The molecule has 0 aliphatic heterocycles. The standard InChI is InChI=1S/C12H10BrNO3/c13-8-3-4-11(10(6-8)12(15)16)14-7-9-2-1-5-17-9/h1-6,14H,7H2,(H,15,16). The molecule has 2 N–H and O–H groups in total. The van der Waals surface area contributed by atoms with E-state index in [1.807, 2.05) is 6.07 Å². The van der Waals surface area contributed by atoms with Crippen LogP contribution in [0.2, 0.25) is 0 Å². The monoisotopic (exact) mass is 295 g/mol. The van der Waals surface area contributed by atoms with E-state index in [-0.39, 0.29) is 5.56 Å². The zero-order valence-electron chi connectivity index (χ0n) is 8.81. The average Bonchev–Trinajstić information content (AvgIpc) is 2.80. The van der Waals surface area contributed by atoms with Crippen molar-refractivity contribution >= 4 is 27.6 Å². The van der Waals surface area contributed by atoms with Crippen LogP contribution in [-0.2, 0) is 6.54 Å². The molecule has 0 fully saturated rings. The Morgan fingerprint density at radius 3 is 2.88 bits per heavy atom. The summed E-state index contributed by atoms with van der Waals surface area (Å²) in [6, 6.07) is 8.68. The number of carboxylic acid groups (broad SMARTS) is 1. The third-order valence-electron chi connectivity index (χ3n) is 2.25. The number of carboxylic acids is 1. The first-order valence-electron chi connectivity index (χ1n) is 4.96. The number of furan rings is 1. The molecular weight excluding hydrogens is 286 g/mol. The Labute approximate surface area is 106 Å². The van der Waals surface area contributed by atoms with E-state index in [2.05, 4.69) is 21.2 Å². The summed E-state index contributed by atoms with van der Waals surface area (Å²) in [6.45, 7) is 0.453. The number of nitrogens with one attached hydrogen (secondary N) is 1. The second-order valence-electron chi connectivity index (χ2n) is 3.43. The Balaban J connectivity index is 2.17. The molecule has 88 valence electrons. The molecule has 1 aromatic heterocycles. The second kappa shape index (κ2) is 5.05. The van der Waals surface area contributed by atoms with Crippen molar-refractivity contribution < 1.29 is 14.3 Å². The quantitative estimate of drug-likeness (QED) is 0.908. The van der Waals surface area contributed by atoms with Crippen LogP contribution in [0.1, 0.15) is 16.1 Å². The molecule has 0 aliphatic rings. The number of hydrogen-bond donors (Lipinski definition) is 2. The van der Waals surface area contributed by atoms with Crippen LogP contribution in [0.5, 0.6) is 0 Å². The lowest BCUT2D eigenvalue weighted by molar-refractivity contribution is 0.0698. The highest BCUT2D eigenvalue weighted by Gasteiger charge is 2.10. The lowest BCUT2D eigenvalue weighted by Crippen LogP contribution is -2.05. The molecule has 1 heterocycles. The van der Waals surface area contributed by atoms with Crippen LogP contribution >= 0.6 is 15.9 Å². The summed E-state index contributed by atoms with van der Waals surface area (Å²) < 4.78 is 5.89. The molecule has 1 aromatic carbocycles. The second-order valence-corrected chi connectivity index (χ2v) is 4.34. The summed E-state index contributed by atoms with van der Waals surface area (Å²) in [7, 11) is 0. The van der Waals surface area contributed by atoms with Crippen LogP contribution in [0, 0.1) is 0 Å². The Bertz CT molecular complexity index is 523. The van der Waals surface area contributed by atoms with Crippen LogP contribution in [-0.4, -0.2) is 11.1 Å². The fourth-order valence-electron chi connectivity index (χ4n) is 1.44. The van der Waals surface area contributed by atoms with Crippen molar-refractivity contribution in [2.45, 2.75) is 6.54 Å². The Kier molecular flexibility index (Phi) is 3.49. The first kappa shape index (κ1) is 11.7. The van der Waals surface area contributed by atoms with Gasteiger partial charge in [-0.2, -0.15) is 0 Å². The lowest BCUT2D eigenvalue weighted by atomic mass is 10.2. The van der Waals surface area contributed by atoms with Crippen molar-refractivity contribution in [2.75, 3.05) is 5.32 Å². The Morgan fingerprint density at radius 1 is 1.41 bits per heavy atom. The zero-order chi connectivity index (χ0) is 12.3. The van der Waals surface area contributed by atoms with Crippen molar-refractivity contribution in [1.82, 2.24) is 0 Å². The summed E-state index contributed by atoms with van der Waals surface area (Å²) in [5.74, 6) is -0.211. The fraction of sp³-hybridized carbons (Fsp3) is 0.0833. The van der Waals surface area contributed by atoms with Gasteiger partial charge >= 0.3 is 5.97 Å². The minimum Gasteiger partial charge on any atom is -0.478 e. The summed E-state index contributed by atoms with van der Waals surface area (Å²) in [5, 5.41) is 12.1. The van der Waals surface area contributed by atoms with E-state index in [0.717, 1.165) is 10.2 Å². The molecular formula is C12H10BrNO3. The van der Waals surface area contributed by atoms with Crippen molar-refractivity contribution in [1.29, 1.82) is 0 Å². The van der Waals surface area contributed by atoms with Gasteiger partial charge in [-0.3, -0.25) is 0 Å². The van der Waals surface area contributed by atoms with Gasteiger partial charge in [0.1, 0.15) is 5.76 Å². The summed E-state index contributed by atoms with van der Waals surface area (Å²) in [5.41, 5.74) is 0.794. The van der Waals surface area contributed by atoms with Gasteiger partial charge in [-0.15, -0.1) is 0 Å². The molecule has 0 radical (unpaired) electrons. The Morgan fingerprint density at radius 2 is 2.24 bits per heavy atom. The number of halogens is 1. The van der Waals surface area contributed by atoms with Gasteiger partial charge in [0.15, 0.2) is 0 Å². The maximum Gasteiger partial charge on any atom is 0.337 e. The van der Waals surface area contributed by atoms with E-state index >= 15 is 0 Å². The van der Waals surface area contributed by atoms with Gasteiger partial charge in [0.05, 0.1) is 18.4 Å². The molecule has 17 heavy (non-hydrogen) atoms. The summed E-state index contributed by atoms with van der Waals surface area (Å²) in [6.07, 6.45) is 1.58. The predicted molar refractivity (Wildman–Crippen MR) is 67.1 cm³/mol. The predicted octanol–water partition coefficient (Wildman–Crippen LogP) is 3.35. The van der Waals surface area contributed by atoms with Gasteiger partial charge in [-0.25, -0.2) is 4.79 Å². The highest BCUT2D eigenvalue weighted by atomic mass is 79.9. The molecule has 0 amide bonds. The molecule has 0 aliphatic carbocycles. The summed E-state index contributed by atoms with van der Waals surface area (Å²) >= 11 is 3.24. The van der Waals surface area contributed by atoms with E-state index in [9.17, 15) is 4.79 Å². The minimum absolute atomic E-state index is 0.228. The number of aromatic carboxylic acids is 1. The van der Waals surface area contributed by atoms with E-state index < -0.39 is 5.97 Å². The number of anilines is 1. The number of benzene rings is 1. The molecule has 0 saturated carbocycles. The molecule has 0 atom stereocenters. The Hall–Kier alpha value is -1.75. The molecule has 0 bridgehead atoms. The van der Waals surface area contributed by atoms with Crippen LogP contribution < -0.4 is 5.32 Å². The van der Waals surface area contributed by atoms with Gasteiger partial charge in [0, 0.05) is 10.2 Å². The van der Waals surface area contributed by atoms with E-state index in [1.54, 1.807) is 30.5 Å². The first-order valence-corrected chi connectivity index (χ1v) is 5.75.